The molecule has 0 aliphatic heterocycles. The third-order valence-electron chi connectivity index (χ3n) is 6.92. The first-order valence-electron chi connectivity index (χ1n) is 12.9. The number of hydrogen-bond acceptors (Lipinski definition) is 3. The number of amides is 2. The fraction of sp³-hybridized carbons (Fsp3) is 0.212. The van der Waals surface area contributed by atoms with Crippen LogP contribution in [0.2, 0.25) is 0 Å². The standard InChI is InChI=1S/C33H35N3O2/c1-23-14-17-26(18-15-23)20-21-36(29-19-16-24(2)25(3)22-29)33(38)31(28-12-8-5-9-13-28)35-32(37)30(34)27-10-6-4-7-11-27/h4-19,22,30-31H,20-21,34H2,1-3H3,(H,35,37)/t30-,31-/m0/s1. The van der Waals surface area contributed by atoms with Crippen molar-refractivity contribution in [2.24, 2.45) is 5.73 Å². The van der Waals surface area contributed by atoms with Crippen LogP contribution in [0.4, 0.5) is 5.69 Å². The number of carbonyl (C=O) groups excluding carboxylic acids is 2. The average Bonchev–Trinajstić information content (AvgIpc) is 2.95. The van der Waals surface area contributed by atoms with Crippen molar-refractivity contribution in [2.45, 2.75) is 39.3 Å². The molecule has 5 heteroatoms. The van der Waals surface area contributed by atoms with Crippen LogP contribution in [-0.2, 0) is 16.0 Å². The normalized spacial score (nSPS) is 12.4. The zero-order chi connectivity index (χ0) is 27.1. The van der Waals surface area contributed by atoms with Crippen LogP contribution in [0.3, 0.4) is 0 Å². The van der Waals surface area contributed by atoms with Crippen molar-refractivity contribution in [2.75, 3.05) is 11.4 Å². The largest absolute Gasteiger partial charge is 0.339 e. The third kappa shape index (κ3) is 6.55. The van der Waals surface area contributed by atoms with Gasteiger partial charge < -0.3 is 16.0 Å². The van der Waals surface area contributed by atoms with E-state index >= 15 is 0 Å². The molecule has 4 aromatic rings. The summed E-state index contributed by atoms with van der Waals surface area (Å²) in [5.41, 5.74) is 13.1. The first-order chi connectivity index (χ1) is 18.3. The van der Waals surface area contributed by atoms with Crippen molar-refractivity contribution in [3.8, 4) is 0 Å². The average molecular weight is 506 g/mol. The summed E-state index contributed by atoms with van der Waals surface area (Å²) in [4.78, 5) is 29.4. The van der Waals surface area contributed by atoms with E-state index in [2.05, 4.69) is 43.4 Å². The Morgan fingerprint density at radius 1 is 0.763 bits per heavy atom. The predicted octanol–water partition coefficient (Wildman–Crippen LogP) is 5.75. The van der Waals surface area contributed by atoms with E-state index in [1.165, 1.54) is 5.56 Å². The van der Waals surface area contributed by atoms with Gasteiger partial charge in [0.05, 0.1) is 0 Å². The van der Waals surface area contributed by atoms with E-state index in [1.54, 1.807) is 4.90 Å². The molecule has 4 aromatic carbocycles. The van der Waals surface area contributed by atoms with Crippen molar-refractivity contribution >= 4 is 17.5 Å². The smallest absolute Gasteiger partial charge is 0.254 e. The highest BCUT2D eigenvalue weighted by Crippen LogP contribution is 2.25. The predicted molar refractivity (Wildman–Crippen MR) is 154 cm³/mol. The highest BCUT2D eigenvalue weighted by atomic mass is 16.2. The SMILES string of the molecule is Cc1ccc(CCN(C(=O)[C@@H](NC(=O)[C@@H](N)c2ccccc2)c2ccccc2)c2ccc(C)c(C)c2)cc1. The number of nitrogens with one attached hydrogen (secondary N) is 1. The number of hydrogen-bond donors (Lipinski definition) is 2. The van der Waals surface area contributed by atoms with Gasteiger partial charge in [-0.15, -0.1) is 0 Å². The fourth-order valence-corrected chi connectivity index (χ4v) is 4.39. The van der Waals surface area contributed by atoms with Crippen LogP contribution in [0.25, 0.3) is 0 Å². The van der Waals surface area contributed by atoms with Gasteiger partial charge in [-0.25, -0.2) is 0 Å². The van der Waals surface area contributed by atoms with Crippen LogP contribution < -0.4 is 16.0 Å². The molecule has 4 rings (SSSR count). The van der Waals surface area contributed by atoms with Gasteiger partial charge in [-0.3, -0.25) is 9.59 Å². The molecule has 0 saturated heterocycles. The molecule has 0 radical (unpaired) electrons. The van der Waals surface area contributed by atoms with Gasteiger partial charge in [-0.05, 0) is 67.1 Å². The number of carbonyl (C=O) groups is 2. The van der Waals surface area contributed by atoms with Crippen molar-refractivity contribution in [1.82, 2.24) is 5.32 Å². The lowest BCUT2D eigenvalue weighted by Gasteiger charge is -2.29. The summed E-state index contributed by atoms with van der Waals surface area (Å²) in [5.74, 6) is -0.614. The van der Waals surface area contributed by atoms with Crippen molar-refractivity contribution in [1.29, 1.82) is 0 Å². The van der Waals surface area contributed by atoms with Gasteiger partial charge in [0.25, 0.3) is 5.91 Å². The molecule has 194 valence electrons. The van der Waals surface area contributed by atoms with Gasteiger partial charge in [0.2, 0.25) is 5.91 Å². The molecular formula is C33H35N3O2. The third-order valence-corrected chi connectivity index (χ3v) is 6.92. The summed E-state index contributed by atoms with van der Waals surface area (Å²) in [5, 5.41) is 2.96. The zero-order valence-electron chi connectivity index (χ0n) is 22.2. The second kappa shape index (κ2) is 12.3. The number of anilines is 1. The van der Waals surface area contributed by atoms with Crippen molar-refractivity contribution in [3.05, 3.63) is 137 Å². The second-order valence-electron chi connectivity index (χ2n) is 9.73. The summed E-state index contributed by atoms with van der Waals surface area (Å²) < 4.78 is 0. The molecule has 2 amide bonds. The first kappa shape index (κ1) is 26.8. The van der Waals surface area contributed by atoms with Crippen LogP contribution in [0.5, 0.6) is 0 Å². The summed E-state index contributed by atoms with van der Waals surface area (Å²) in [6.07, 6.45) is 0.679. The maximum absolute atomic E-state index is 14.3. The molecule has 0 spiro atoms. The van der Waals surface area contributed by atoms with Crippen LogP contribution >= 0.6 is 0 Å². The molecule has 0 fully saturated rings. The molecule has 0 unspecified atom stereocenters. The number of nitrogens with two attached hydrogens (primary N) is 1. The first-order valence-corrected chi connectivity index (χ1v) is 12.9. The Kier molecular flexibility index (Phi) is 8.72. The maximum atomic E-state index is 14.3. The summed E-state index contributed by atoms with van der Waals surface area (Å²) in [6.45, 7) is 6.61. The van der Waals surface area contributed by atoms with Gasteiger partial charge in [0.1, 0.15) is 12.1 Å². The summed E-state index contributed by atoms with van der Waals surface area (Å²) >= 11 is 0. The fourth-order valence-electron chi connectivity index (χ4n) is 4.39. The lowest BCUT2D eigenvalue weighted by Crippen LogP contribution is -2.46. The lowest BCUT2D eigenvalue weighted by molar-refractivity contribution is -0.128. The van der Waals surface area contributed by atoms with E-state index in [0.29, 0.717) is 24.1 Å². The highest BCUT2D eigenvalue weighted by Gasteiger charge is 2.30. The van der Waals surface area contributed by atoms with Gasteiger partial charge in [0.15, 0.2) is 0 Å². The molecule has 3 N–H and O–H groups in total. The molecule has 0 bridgehead atoms. The minimum Gasteiger partial charge on any atom is -0.339 e. The Morgan fingerprint density at radius 2 is 1.37 bits per heavy atom. The zero-order valence-corrected chi connectivity index (χ0v) is 22.2. The Balaban J connectivity index is 1.67. The Bertz CT molecular complexity index is 1370. The van der Waals surface area contributed by atoms with Crippen molar-refractivity contribution in [3.63, 3.8) is 0 Å². The number of rotatable bonds is 9. The molecule has 0 heterocycles. The van der Waals surface area contributed by atoms with Crippen LogP contribution in [0, 0.1) is 20.8 Å². The quantitative estimate of drug-likeness (QED) is 0.304. The maximum Gasteiger partial charge on any atom is 0.254 e. The Labute approximate surface area is 225 Å². The molecule has 2 atom stereocenters. The molecule has 0 saturated carbocycles. The minimum atomic E-state index is -0.891. The molecule has 5 nitrogen and oxygen atoms in total. The van der Waals surface area contributed by atoms with Gasteiger partial charge in [-0.2, -0.15) is 0 Å². The minimum absolute atomic E-state index is 0.208. The molecule has 0 aliphatic rings. The van der Waals surface area contributed by atoms with Crippen LogP contribution in [-0.4, -0.2) is 18.4 Å². The van der Waals surface area contributed by atoms with Gasteiger partial charge in [0, 0.05) is 12.2 Å². The van der Waals surface area contributed by atoms with E-state index in [1.807, 2.05) is 85.8 Å². The number of nitrogens with zero attached hydrogens (tertiary/aromatic N) is 1. The molecule has 0 aliphatic carbocycles. The Morgan fingerprint density at radius 3 is 1.97 bits per heavy atom. The van der Waals surface area contributed by atoms with Crippen LogP contribution in [0.15, 0.2) is 103 Å². The monoisotopic (exact) mass is 505 g/mol. The number of benzene rings is 4. The lowest BCUT2D eigenvalue weighted by atomic mass is 10.0. The molecule has 0 aromatic heterocycles. The van der Waals surface area contributed by atoms with Crippen LogP contribution in [0.1, 0.15) is 45.5 Å². The summed E-state index contributed by atoms with van der Waals surface area (Å²) in [6, 6.07) is 31.1. The number of aryl methyl sites for hydroxylation is 3. The van der Waals surface area contributed by atoms with Gasteiger partial charge >= 0.3 is 0 Å². The van der Waals surface area contributed by atoms with E-state index in [9.17, 15) is 9.59 Å². The second-order valence-corrected chi connectivity index (χ2v) is 9.73. The topological polar surface area (TPSA) is 75.4 Å². The Hall–Kier alpha value is -4.22. The molecular weight excluding hydrogens is 470 g/mol. The van der Waals surface area contributed by atoms with Crippen molar-refractivity contribution < 1.29 is 9.59 Å². The van der Waals surface area contributed by atoms with E-state index in [0.717, 1.165) is 22.4 Å². The van der Waals surface area contributed by atoms with E-state index in [4.69, 9.17) is 5.73 Å². The van der Waals surface area contributed by atoms with E-state index in [-0.39, 0.29) is 5.91 Å². The van der Waals surface area contributed by atoms with E-state index < -0.39 is 18.0 Å². The summed E-state index contributed by atoms with van der Waals surface area (Å²) in [7, 11) is 0. The van der Waals surface area contributed by atoms with Gasteiger partial charge in [-0.1, -0.05) is 96.6 Å². The molecule has 38 heavy (non-hydrogen) atoms. The highest BCUT2D eigenvalue weighted by molar-refractivity contribution is 6.00.